The van der Waals surface area contributed by atoms with Gasteiger partial charge in [-0.05, 0) is 51.7 Å². The van der Waals surface area contributed by atoms with Crippen LogP contribution >= 0.6 is 0 Å². The first-order valence-electron chi connectivity index (χ1n) is 8.38. The molecule has 0 saturated heterocycles. The van der Waals surface area contributed by atoms with Crippen molar-refractivity contribution in [3.63, 3.8) is 0 Å². The second-order valence-corrected chi connectivity index (χ2v) is 13.8. The number of nitrogens with one attached hydrogen (secondary N) is 1. The van der Waals surface area contributed by atoms with Gasteiger partial charge in [0.2, 0.25) is 0 Å². The number of carbonyl (C=O) groups excluding carboxylic acids is 2. The molecule has 5 nitrogen and oxygen atoms in total. The van der Waals surface area contributed by atoms with Crippen molar-refractivity contribution in [3.05, 3.63) is 0 Å². The summed E-state index contributed by atoms with van der Waals surface area (Å²) in [5, 5.41) is 2.96. The fourth-order valence-electron chi connectivity index (χ4n) is 2.49. The maximum atomic E-state index is 11.9. The van der Waals surface area contributed by atoms with Crippen molar-refractivity contribution < 1.29 is 18.8 Å². The van der Waals surface area contributed by atoms with E-state index in [1.165, 1.54) is 0 Å². The van der Waals surface area contributed by atoms with Crippen LogP contribution in [0.25, 0.3) is 0 Å². The Kier molecular flexibility index (Phi) is 6.07. The molecule has 0 bridgehead atoms. The summed E-state index contributed by atoms with van der Waals surface area (Å²) in [5.41, 5.74) is -0.545. The molecular weight excluding hydrogens is 310 g/mol. The minimum Gasteiger partial charge on any atom is -0.444 e. The van der Waals surface area contributed by atoms with E-state index in [1.54, 1.807) is 0 Å². The van der Waals surface area contributed by atoms with Crippen LogP contribution in [0.15, 0.2) is 0 Å². The number of alkyl carbamates (subject to hydrolysis) is 1. The molecule has 1 N–H and O–H groups in total. The number of ether oxygens (including phenoxy) is 1. The van der Waals surface area contributed by atoms with Crippen molar-refractivity contribution in [3.8, 4) is 0 Å². The van der Waals surface area contributed by atoms with Gasteiger partial charge in [-0.25, -0.2) is 4.79 Å². The van der Waals surface area contributed by atoms with E-state index in [2.05, 4.69) is 39.2 Å². The first kappa shape index (κ1) is 20.2. The highest BCUT2D eigenvalue weighted by Crippen LogP contribution is 2.40. The Morgan fingerprint density at radius 3 is 2.13 bits per heavy atom. The first-order valence-corrected chi connectivity index (χ1v) is 11.3. The second-order valence-electron chi connectivity index (χ2n) is 9.02. The zero-order valence-corrected chi connectivity index (χ0v) is 16.9. The molecule has 1 fully saturated rings. The SMILES string of the molecule is CC(C)(C)OC(=O)N[C@@H]1C[C@@H](O[Si](C)(C)C(C)(C)C)CC1C=O. The van der Waals surface area contributed by atoms with E-state index in [4.69, 9.17) is 9.16 Å². The van der Waals surface area contributed by atoms with Crippen molar-refractivity contribution >= 4 is 20.7 Å². The van der Waals surface area contributed by atoms with E-state index in [9.17, 15) is 9.59 Å². The van der Waals surface area contributed by atoms with Crippen LogP contribution in [-0.2, 0) is 14.0 Å². The first-order chi connectivity index (χ1) is 10.2. The van der Waals surface area contributed by atoms with Crippen LogP contribution in [0, 0.1) is 5.92 Å². The number of rotatable bonds is 4. The highest BCUT2D eigenvalue weighted by molar-refractivity contribution is 6.74. The van der Waals surface area contributed by atoms with E-state index < -0.39 is 20.0 Å². The standard InChI is InChI=1S/C17H33NO4Si/c1-16(2,3)21-15(20)18-14-10-13(9-12(14)11-19)22-23(7,8)17(4,5)6/h11-14H,9-10H2,1-8H3,(H,18,20)/t12?,13-,14+/m0/s1. The summed E-state index contributed by atoms with van der Waals surface area (Å²) in [6.45, 7) is 16.5. The Hall–Kier alpha value is -0.883. The van der Waals surface area contributed by atoms with Gasteiger partial charge in [0.25, 0.3) is 0 Å². The Morgan fingerprint density at radius 2 is 1.70 bits per heavy atom. The molecule has 1 aliphatic carbocycles. The number of hydrogen-bond acceptors (Lipinski definition) is 4. The molecule has 1 rings (SSSR count). The van der Waals surface area contributed by atoms with Crippen LogP contribution in [0.1, 0.15) is 54.4 Å². The molecule has 3 atom stereocenters. The van der Waals surface area contributed by atoms with Crippen LogP contribution in [0.5, 0.6) is 0 Å². The van der Waals surface area contributed by atoms with Gasteiger partial charge < -0.3 is 19.3 Å². The third-order valence-corrected chi connectivity index (χ3v) is 9.25. The van der Waals surface area contributed by atoms with Crippen molar-refractivity contribution in [2.75, 3.05) is 0 Å². The zero-order valence-electron chi connectivity index (χ0n) is 15.9. The topological polar surface area (TPSA) is 64.6 Å². The predicted octanol–water partition coefficient (Wildman–Crippen LogP) is 3.88. The summed E-state index contributed by atoms with van der Waals surface area (Å²) in [6, 6.07) is -0.211. The minimum atomic E-state index is -1.88. The average molecular weight is 344 g/mol. The number of amides is 1. The Morgan fingerprint density at radius 1 is 1.13 bits per heavy atom. The summed E-state index contributed by atoms with van der Waals surface area (Å²) < 4.78 is 11.7. The molecule has 0 aromatic heterocycles. The molecule has 0 aromatic carbocycles. The van der Waals surface area contributed by atoms with Crippen LogP contribution in [0.2, 0.25) is 18.1 Å². The zero-order chi connectivity index (χ0) is 18.1. The summed E-state index contributed by atoms with van der Waals surface area (Å²) in [6.07, 6.45) is 1.80. The quantitative estimate of drug-likeness (QED) is 0.621. The van der Waals surface area contributed by atoms with Gasteiger partial charge in [0.05, 0.1) is 0 Å². The van der Waals surface area contributed by atoms with Crippen LogP contribution in [-0.4, -0.2) is 38.4 Å². The maximum absolute atomic E-state index is 11.9. The molecule has 134 valence electrons. The van der Waals surface area contributed by atoms with Crippen molar-refractivity contribution in [2.45, 2.75) is 90.3 Å². The Balaban J connectivity index is 2.67. The van der Waals surface area contributed by atoms with E-state index in [-0.39, 0.29) is 23.1 Å². The van der Waals surface area contributed by atoms with Gasteiger partial charge in [-0.15, -0.1) is 0 Å². The Bertz CT molecular complexity index is 437. The summed E-state index contributed by atoms with van der Waals surface area (Å²) in [5.74, 6) is -0.211. The predicted molar refractivity (Wildman–Crippen MR) is 94.0 cm³/mol. The summed E-state index contributed by atoms with van der Waals surface area (Å²) in [4.78, 5) is 23.3. The van der Waals surface area contributed by atoms with E-state index in [1.807, 2.05) is 20.8 Å². The number of aldehydes is 1. The van der Waals surface area contributed by atoms with Gasteiger partial charge in [-0.1, -0.05) is 20.8 Å². The molecule has 23 heavy (non-hydrogen) atoms. The highest BCUT2D eigenvalue weighted by atomic mass is 28.4. The molecule has 6 heteroatoms. The molecular formula is C17H33NO4Si. The van der Waals surface area contributed by atoms with Crippen LogP contribution < -0.4 is 5.32 Å². The van der Waals surface area contributed by atoms with Gasteiger partial charge in [-0.3, -0.25) is 0 Å². The lowest BCUT2D eigenvalue weighted by Crippen LogP contribution is -2.44. The normalized spacial score (nSPS) is 26.0. The van der Waals surface area contributed by atoms with Gasteiger partial charge in [-0.2, -0.15) is 0 Å². The molecule has 0 heterocycles. The molecule has 0 spiro atoms. The van der Waals surface area contributed by atoms with Crippen molar-refractivity contribution in [1.82, 2.24) is 5.32 Å². The van der Waals surface area contributed by atoms with Crippen LogP contribution in [0.4, 0.5) is 4.79 Å². The van der Waals surface area contributed by atoms with Crippen molar-refractivity contribution in [2.24, 2.45) is 5.92 Å². The molecule has 1 saturated carbocycles. The molecule has 1 amide bonds. The minimum absolute atomic E-state index is 0.0195. The fourth-order valence-corrected chi connectivity index (χ4v) is 3.87. The van der Waals surface area contributed by atoms with Gasteiger partial charge in [0.15, 0.2) is 8.32 Å². The highest BCUT2D eigenvalue weighted by Gasteiger charge is 2.43. The van der Waals surface area contributed by atoms with Gasteiger partial charge >= 0.3 is 6.09 Å². The molecule has 1 aliphatic rings. The van der Waals surface area contributed by atoms with Crippen molar-refractivity contribution in [1.29, 1.82) is 0 Å². The lowest BCUT2D eigenvalue weighted by Gasteiger charge is -2.38. The smallest absolute Gasteiger partial charge is 0.407 e. The van der Waals surface area contributed by atoms with Gasteiger partial charge in [0, 0.05) is 18.1 Å². The molecule has 0 aromatic rings. The maximum Gasteiger partial charge on any atom is 0.407 e. The summed E-state index contributed by atoms with van der Waals surface area (Å²) >= 11 is 0. The Labute approximate surface area is 141 Å². The fraction of sp³-hybridized carbons (Fsp3) is 0.882. The number of carbonyl (C=O) groups is 2. The molecule has 1 unspecified atom stereocenters. The molecule has 0 radical (unpaired) electrons. The third-order valence-electron chi connectivity index (χ3n) is 4.71. The second kappa shape index (κ2) is 6.93. The monoisotopic (exact) mass is 343 g/mol. The van der Waals surface area contributed by atoms with Gasteiger partial charge in [0.1, 0.15) is 11.9 Å². The largest absolute Gasteiger partial charge is 0.444 e. The lowest BCUT2D eigenvalue weighted by atomic mass is 10.1. The lowest BCUT2D eigenvalue weighted by molar-refractivity contribution is -0.111. The van der Waals surface area contributed by atoms with E-state index in [0.717, 1.165) is 6.29 Å². The average Bonchev–Trinajstić information content (AvgIpc) is 2.65. The summed E-state index contributed by atoms with van der Waals surface area (Å²) in [7, 11) is -1.88. The third kappa shape index (κ3) is 5.92. The van der Waals surface area contributed by atoms with Crippen LogP contribution in [0.3, 0.4) is 0 Å². The number of hydrogen-bond donors (Lipinski definition) is 1. The molecule has 0 aliphatic heterocycles. The van der Waals surface area contributed by atoms with E-state index >= 15 is 0 Å². The van der Waals surface area contributed by atoms with E-state index in [0.29, 0.717) is 12.8 Å².